The van der Waals surface area contributed by atoms with E-state index in [0.29, 0.717) is 23.0 Å². The monoisotopic (exact) mass is 399 g/mol. The summed E-state index contributed by atoms with van der Waals surface area (Å²) >= 11 is 0. The van der Waals surface area contributed by atoms with Crippen molar-refractivity contribution in [2.75, 3.05) is 32.7 Å². The number of fused-ring (bicyclic) bond motifs is 1. The van der Waals surface area contributed by atoms with Gasteiger partial charge in [-0.1, -0.05) is 0 Å². The lowest BCUT2D eigenvalue weighted by Gasteiger charge is -2.25. The van der Waals surface area contributed by atoms with Gasteiger partial charge in [-0.05, 0) is 40.0 Å². The maximum atomic E-state index is 12.4. The van der Waals surface area contributed by atoms with E-state index in [9.17, 15) is 4.79 Å². The molecular weight excluding hydrogens is 370 g/mol. The number of likely N-dealkylation sites (N-methyl/N-ethyl adjacent to an activating group) is 1. The molecule has 3 rings (SSSR count). The molecule has 0 aromatic carbocycles. The highest BCUT2D eigenvalue weighted by Crippen LogP contribution is 2.33. The highest BCUT2D eigenvalue weighted by atomic mass is 16.5. The van der Waals surface area contributed by atoms with Crippen LogP contribution in [-0.2, 0) is 17.6 Å². The lowest BCUT2D eigenvalue weighted by Crippen LogP contribution is -2.45. The number of amides is 1. The Morgan fingerprint density at radius 1 is 1.17 bits per heavy atom. The number of pyridine rings is 1. The van der Waals surface area contributed by atoms with Gasteiger partial charge in [0.2, 0.25) is 5.91 Å². The number of aryl methyl sites for hydroxylation is 1. The molecule has 2 aromatic rings. The van der Waals surface area contributed by atoms with Crippen LogP contribution in [0.2, 0.25) is 0 Å². The minimum atomic E-state index is -0.278. The van der Waals surface area contributed by atoms with E-state index in [1.165, 1.54) is 0 Å². The molecule has 1 N–H and O–H groups in total. The number of carbonyl (C=O) groups is 1. The Morgan fingerprint density at radius 3 is 2.55 bits per heavy atom. The van der Waals surface area contributed by atoms with E-state index in [1.54, 1.807) is 26.5 Å². The predicted octanol–water partition coefficient (Wildman–Crippen LogP) is 2.40. The largest absolute Gasteiger partial charge is 0.493 e. The van der Waals surface area contributed by atoms with Crippen molar-refractivity contribution in [2.45, 2.75) is 45.6 Å². The lowest BCUT2D eigenvalue weighted by molar-refractivity contribution is -0.121. The smallest absolute Gasteiger partial charge is 0.239 e. The van der Waals surface area contributed by atoms with Gasteiger partial charge in [0, 0.05) is 29.9 Å². The molecule has 1 aliphatic carbocycles. The standard InChI is InChI=1S/C21H29N5O3/c1-21(2,3)25-18(27)12-26(4)20-13-8-7-9-14(13)23-19(24-20)15-10-16(28-5)17(29-6)11-22-15/h10-11H,7-9,12H2,1-6H3,(H,25,27). The van der Waals surface area contributed by atoms with E-state index >= 15 is 0 Å². The Labute approximate surface area is 171 Å². The van der Waals surface area contributed by atoms with Crippen molar-refractivity contribution >= 4 is 11.7 Å². The van der Waals surface area contributed by atoms with Gasteiger partial charge in [-0.25, -0.2) is 15.0 Å². The van der Waals surface area contributed by atoms with Crippen molar-refractivity contribution in [3.63, 3.8) is 0 Å². The molecule has 1 amide bonds. The third-order valence-corrected chi connectivity index (χ3v) is 4.67. The van der Waals surface area contributed by atoms with Gasteiger partial charge in [-0.3, -0.25) is 4.79 Å². The topological polar surface area (TPSA) is 89.5 Å². The van der Waals surface area contributed by atoms with Gasteiger partial charge in [0.1, 0.15) is 11.5 Å². The van der Waals surface area contributed by atoms with Crippen LogP contribution in [0.15, 0.2) is 12.3 Å². The predicted molar refractivity (Wildman–Crippen MR) is 112 cm³/mol. The Hall–Kier alpha value is -2.90. The molecule has 1 aliphatic rings. The van der Waals surface area contributed by atoms with Crippen LogP contribution in [0.1, 0.15) is 38.4 Å². The number of ether oxygens (including phenoxy) is 2. The third kappa shape index (κ3) is 4.75. The van der Waals surface area contributed by atoms with E-state index in [4.69, 9.17) is 19.4 Å². The number of nitrogens with one attached hydrogen (secondary N) is 1. The zero-order chi connectivity index (χ0) is 21.2. The summed E-state index contributed by atoms with van der Waals surface area (Å²) in [6.07, 6.45) is 4.44. The molecule has 8 nitrogen and oxygen atoms in total. The van der Waals surface area contributed by atoms with Crippen LogP contribution >= 0.6 is 0 Å². The van der Waals surface area contributed by atoms with Crippen LogP contribution in [0.4, 0.5) is 5.82 Å². The van der Waals surface area contributed by atoms with Crippen molar-refractivity contribution in [3.8, 4) is 23.0 Å². The molecule has 29 heavy (non-hydrogen) atoms. The second-order valence-electron chi connectivity index (χ2n) is 8.23. The highest BCUT2D eigenvalue weighted by molar-refractivity contribution is 5.82. The summed E-state index contributed by atoms with van der Waals surface area (Å²) in [6.45, 7) is 6.12. The molecule has 0 bridgehead atoms. The Morgan fingerprint density at radius 2 is 1.90 bits per heavy atom. The molecule has 156 valence electrons. The molecule has 2 aromatic heterocycles. The molecule has 0 unspecified atom stereocenters. The van der Waals surface area contributed by atoms with Crippen molar-refractivity contribution in [1.82, 2.24) is 20.3 Å². The van der Waals surface area contributed by atoms with Crippen LogP contribution < -0.4 is 19.7 Å². The number of hydrogen-bond acceptors (Lipinski definition) is 7. The van der Waals surface area contributed by atoms with Crippen molar-refractivity contribution in [3.05, 3.63) is 23.5 Å². The van der Waals surface area contributed by atoms with Gasteiger partial charge in [-0.2, -0.15) is 0 Å². The molecule has 0 aliphatic heterocycles. The number of rotatable bonds is 6. The fourth-order valence-electron chi connectivity index (χ4n) is 3.45. The lowest BCUT2D eigenvalue weighted by atomic mass is 10.1. The number of carbonyl (C=O) groups excluding carboxylic acids is 1. The minimum Gasteiger partial charge on any atom is -0.493 e. The summed E-state index contributed by atoms with van der Waals surface area (Å²) in [7, 11) is 5.04. The maximum Gasteiger partial charge on any atom is 0.239 e. The number of anilines is 1. The number of aromatic nitrogens is 3. The maximum absolute atomic E-state index is 12.4. The molecule has 0 atom stereocenters. The molecule has 0 spiro atoms. The fraction of sp³-hybridized carbons (Fsp3) is 0.524. The van der Waals surface area contributed by atoms with E-state index < -0.39 is 0 Å². The van der Waals surface area contributed by atoms with Crippen LogP contribution in [-0.4, -0.2) is 54.2 Å². The van der Waals surface area contributed by atoms with Crippen LogP contribution in [0.3, 0.4) is 0 Å². The average Bonchev–Trinajstić information content (AvgIpc) is 3.13. The van der Waals surface area contributed by atoms with Crippen LogP contribution in [0.25, 0.3) is 11.5 Å². The first kappa shape index (κ1) is 20.8. The van der Waals surface area contributed by atoms with E-state index in [-0.39, 0.29) is 18.0 Å². The number of methoxy groups -OCH3 is 2. The number of hydrogen-bond donors (Lipinski definition) is 1. The van der Waals surface area contributed by atoms with Crippen LogP contribution in [0, 0.1) is 0 Å². The molecule has 2 heterocycles. The van der Waals surface area contributed by atoms with Gasteiger partial charge in [0.25, 0.3) is 0 Å². The normalized spacial score (nSPS) is 13.0. The second-order valence-corrected chi connectivity index (χ2v) is 8.23. The molecule has 0 fully saturated rings. The van der Waals surface area contributed by atoms with Gasteiger partial charge in [0.15, 0.2) is 17.3 Å². The van der Waals surface area contributed by atoms with Gasteiger partial charge < -0.3 is 19.7 Å². The summed E-state index contributed by atoms with van der Waals surface area (Å²) in [6, 6.07) is 1.77. The SMILES string of the molecule is COc1cnc(-c2nc3c(c(N(C)CC(=O)NC(C)(C)C)n2)CCC3)cc1OC. The average molecular weight is 399 g/mol. The number of nitrogens with zero attached hydrogens (tertiary/aromatic N) is 4. The summed E-state index contributed by atoms with van der Waals surface area (Å²) in [5.74, 6) is 2.37. The van der Waals surface area contributed by atoms with Crippen molar-refractivity contribution in [1.29, 1.82) is 0 Å². The van der Waals surface area contributed by atoms with Crippen LogP contribution in [0.5, 0.6) is 11.5 Å². The highest BCUT2D eigenvalue weighted by Gasteiger charge is 2.24. The third-order valence-electron chi connectivity index (χ3n) is 4.67. The minimum absolute atomic E-state index is 0.0452. The van der Waals surface area contributed by atoms with Gasteiger partial charge in [0.05, 0.1) is 27.0 Å². The first-order valence-electron chi connectivity index (χ1n) is 9.72. The second kappa shape index (κ2) is 8.23. The molecule has 0 saturated heterocycles. The first-order valence-corrected chi connectivity index (χ1v) is 9.72. The molecular formula is C21H29N5O3. The first-order chi connectivity index (χ1) is 13.7. The van der Waals surface area contributed by atoms with Crippen molar-refractivity contribution < 1.29 is 14.3 Å². The zero-order valence-electron chi connectivity index (χ0n) is 18.0. The Balaban J connectivity index is 1.95. The van der Waals surface area contributed by atoms with Gasteiger partial charge >= 0.3 is 0 Å². The summed E-state index contributed by atoms with van der Waals surface area (Å²) in [5.41, 5.74) is 2.45. The zero-order valence-corrected chi connectivity index (χ0v) is 18.0. The Bertz CT molecular complexity index is 908. The summed E-state index contributed by atoms with van der Waals surface area (Å²) < 4.78 is 10.6. The van der Waals surface area contributed by atoms with E-state index in [0.717, 1.165) is 36.3 Å². The molecule has 0 saturated carbocycles. The van der Waals surface area contributed by atoms with E-state index in [2.05, 4.69) is 10.3 Å². The molecule has 0 radical (unpaired) electrons. The van der Waals surface area contributed by atoms with Gasteiger partial charge in [-0.15, -0.1) is 0 Å². The Kier molecular flexibility index (Phi) is 5.91. The summed E-state index contributed by atoms with van der Waals surface area (Å²) in [4.78, 5) is 28.2. The van der Waals surface area contributed by atoms with E-state index in [1.807, 2.05) is 32.7 Å². The molecule has 8 heteroatoms. The quantitative estimate of drug-likeness (QED) is 0.798. The summed E-state index contributed by atoms with van der Waals surface area (Å²) in [5, 5.41) is 2.99. The van der Waals surface area contributed by atoms with Crippen molar-refractivity contribution in [2.24, 2.45) is 0 Å². The fourth-order valence-corrected chi connectivity index (χ4v) is 3.45.